The molecule has 3 saturated carbocycles. The molecule has 4 aliphatic heterocycles. The maximum Gasteiger partial charge on any atom is 0.330 e. The Morgan fingerprint density at radius 3 is 1.71 bits per heavy atom. The predicted octanol–water partition coefficient (Wildman–Crippen LogP) is -6.95. The van der Waals surface area contributed by atoms with Gasteiger partial charge in [0.25, 0.3) is 0 Å². The van der Waals surface area contributed by atoms with E-state index in [0.29, 0.717) is 19.3 Å². The molecule has 69 heavy (non-hydrogen) atoms. The molecule has 26 atom stereocenters. The van der Waals surface area contributed by atoms with Crippen LogP contribution in [0.15, 0.2) is 12.2 Å². The number of fused-ring (bicyclic) bond motifs is 1. The smallest absolute Gasteiger partial charge is 0.330 e. The summed E-state index contributed by atoms with van der Waals surface area (Å²) in [5, 5.41) is 150. The average molecular weight is 1000 g/mol. The monoisotopic (exact) mass is 1000 g/mol. The van der Waals surface area contributed by atoms with Crippen LogP contribution in [0.5, 0.6) is 0 Å². The Labute approximate surface area is 397 Å². The minimum atomic E-state index is -1.97. The zero-order valence-electron chi connectivity index (χ0n) is 38.4. The summed E-state index contributed by atoms with van der Waals surface area (Å²) in [5.41, 5.74) is 0. The van der Waals surface area contributed by atoms with Crippen LogP contribution >= 0.6 is 0 Å². The topological polar surface area (TPSA) is 396 Å². The summed E-state index contributed by atoms with van der Waals surface area (Å²) in [6, 6.07) is 0. The fourth-order valence-electron chi connectivity index (χ4n) is 11.1. The molecule has 7 fully saturated rings. The third-order valence-electron chi connectivity index (χ3n) is 15.1. The van der Waals surface area contributed by atoms with Crippen LogP contribution in [0.3, 0.4) is 0 Å². The molecule has 0 aromatic heterocycles. The number of allylic oxidation sites excluding steroid dienone is 1. The fraction of sp³-hybridized carbons (Fsp3) is 0.932. The second-order valence-electron chi connectivity index (χ2n) is 19.6. The van der Waals surface area contributed by atoms with E-state index in [1.54, 1.807) is 6.08 Å². The van der Waals surface area contributed by atoms with Crippen LogP contribution in [-0.2, 0) is 47.4 Å². The summed E-state index contributed by atoms with van der Waals surface area (Å²) in [6.45, 7) is -2.19. The molecule has 11 unspecified atom stereocenters. The van der Waals surface area contributed by atoms with Crippen molar-refractivity contribution in [1.82, 2.24) is 0 Å². The minimum Gasteiger partial charge on any atom is -0.460 e. The SMILES string of the molecule is COC1CC(C=CC(=O)OC[C@H]2O[C@@H](OC3CC4C(O[C@@H]5O[C@H](CO)[C@@H](O)[C@H](O)[C@H]5O)CC(O)CC4[OH+]C3C3CCC(O)C(O)C3)[C@H](O[C@@H]3O[C@H](CO)[C@@H](O)[C@H](O)[C@H]3O)[C@@H](O)[C@@H]2O)CC(OC)C1O. The van der Waals surface area contributed by atoms with E-state index in [1.165, 1.54) is 14.2 Å². The molecule has 0 aromatic carbocycles. The van der Waals surface area contributed by atoms with Crippen molar-refractivity contribution in [1.29, 1.82) is 0 Å². The molecule has 25 nitrogen and oxygen atoms in total. The second-order valence-corrected chi connectivity index (χ2v) is 19.6. The number of carbonyl (C=O) groups is 1. The Bertz CT molecular complexity index is 1630. The highest BCUT2D eigenvalue weighted by atomic mass is 16.8. The Kier molecular flexibility index (Phi) is 19.2. The summed E-state index contributed by atoms with van der Waals surface area (Å²) in [5.74, 6) is -2.19. The number of hydrogen-bond acceptors (Lipinski definition) is 24. The van der Waals surface area contributed by atoms with Gasteiger partial charge in [-0.25, -0.2) is 4.79 Å². The molecule has 7 aliphatic rings. The zero-order chi connectivity index (χ0) is 50.0. The van der Waals surface area contributed by atoms with Gasteiger partial charge in [0.05, 0.1) is 55.8 Å². The number of aliphatic hydroxyl groups is 16. The lowest BCUT2D eigenvalue weighted by molar-refractivity contribution is -0.390. The average Bonchev–Trinajstić information content (AvgIpc) is 3.33. The number of hydrogen-bond donors (Lipinski definition) is 14. The van der Waals surface area contributed by atoms with Crippen LogP contribution in [0, 0.1) is 17.8 Å². The van der Waals surface area contributed by atoms with Gasteiger partial charge >= 0.3 is 5.97 Å². The van der Waals surface area contributed by atoms with Crippen molar-refractivity contribution in [2.45, 2.75) is 205 Å². The normalized spacial score (nSPS) is 51.0. The van der Waals surface area contributed by atoms with E-state index in [0.717, 1.165) is 6.08 Å². The highest BCUT2D eigenvalue weighted by molar-refractivity contribution is 5.81. The first-order chi connectivity index (χ1) is 32.9. The second kappa shape index (κ2) is 24.1. The molecule has 0 spiro atoms. The molecule has 0 radical (unpaired) electrons. The summed E-state index contributed by atoms with van der Waals surface area (Å²) in [6.07, 6.45) is -30.2. The summed E-state index contributed by atoms with van der Waals surface area (Å²) in [4.78, 5) is 13.1. The lowest BCUT2D eigenvalue weighted by atomic mass is 9.72. The zero-order valence-corrected chi connectivity index (χ0v) is 38.4. The summed E-state index contributed by atoms with van der Waals surface area (Å²) in [7, 11) is 2.90. The Morgan fingerprint density at radius 2 is 1.13 bits per heavy atom. The van der Waals surface area contributed by atoms with Gasteiger partial charge in [0.2, 0.25) is 0 Å². The van der Waals surface area contributed by atoms with E-state index in [1.807, 2.05) is 0 Å². The number of aliphatic hydroxyl groups excluding tert-OH is 14. The van der Waals surface area contributed by atoms with E-state index in [4.69, 9.17) is 47.4 Å². The number of rotatable bonds is 15. The van der Waals surface area contributed by atoms with Crippen LogP contribution in [0.4, 0.5) is 0 Å². The van der Waals surface area contributed by atoms with Crippen LogP contribution < -0.4 is 0 Å². The van der Waals surface area contributed by atoms with Crippen molar-refractivity contribution in [3.8, 4) is 0 Å². The molecule has 3 aliphatic carbocycles. The van der Waals surface area contributed by atoms with Gasteiger partial charge in [-0.05, 0) is 44.4 Å². The highest BCUT2D eigenvalue weighted by Gasteiger charge is 2.58. The van der Waals surface area contributed by atoms with Crippen LogP contribution in [0.25, 0.3) is 0 Å². The highest BCUT2D eigenvalue weighted by Crippen LogP contribution is 2.44. The van der Waals surface area contributed by atoms with Crippen molar-refractivity contribution in [2.24, 2.45) is 17.8 Å². The van der Waals surface area contributed by atoms with Gasteiger partial charge < -0.3 is 119 Å². The van der Waals surface area contributed by atoms with Gasteiger partial charge in [0.15, 0.2) is 31.1 Å². The molecule has 4 heterocycles. The van der Waals surface area contributed by atoms with E-state index in [2.05, 4.69) is 0 Å². The summed E-state index contributed by atoms with van der Waals surface area (Å²) < 4.78 is 57.9. The van der Waals surface area contributed by atoms with Gasteiger partial charge in [-0.15, -0.1) is 0 Å². The Balaban J connectivity index is 1.15. The van der Waals surface area contributed by atoms with Crippen LogP contribution in [-0.4, -0.2) is 269 Å². The van der Waals surface area contributed by atoms with Crippen molar-refractivity contribution in [3.05, 3.63) is 12.2 Å². The number of methoxy groups -OCH3 is 2. The molecule has 4 saturated heterocycles. The molecular formula is C44H73O25+. The first-order valence-corrected chi connectivity index (χ1v) is 23.8. The quantitative estimate of drug-likeness (QED) is 0.0412. The standard InChI is InChI=1S/C44H72O25/c1-60-24-7-16(8-25(61-2)31(24)51)3-6-30(50)62-15-29-34(54)37(57)41(69-43-39(59)36(56)33(53)28(14-46)67-43)44(68-29)65-26-12-19-22(63-40(26)17-4-5-20(48)21(49)9-17)10-18(47)11-23(19)64-42-38(58)35(55)32(52)27(13-45)66-42/h3,6,16-29,31-49,51-59H,4-5,7-15H2,1-2H3/p+1/t16?,17?,18?,19?,20?,21?,22?,23?,24?,25?,26?,27-,28-,29-,31?,32-,33-,34-,35+,36+,37+,38-,39-,40?,41-,42-,43+,44-/m1/s1. The van der Waals surface area contributed by atoms with Crippen molar-refractivity contribution >= 4 is 5.97 Å². The fourth-order valence-corrected chi connectivity index (χ4v) is 11.1. The largest absolute Gasteiger partial charge is 0.460 e. The molecule has 25 heteroatoms. The van der Waals surface area contributed by atoms with Gasteiger partial charge in [-0.1, -0.05) is 6.08 Å². The third kappa shape index (κ3) is 12.3. The van der Waals surface area contributed by atoms with Crippen molar-refractivity contribution in [3.63, 3.8) is 0 Å². The van der Waals surface area contributed by atoms with E-state index in [9.17, 15) is 76.3 Å². The molecular weight excluding hydrogens is 928 g/mol. The molecule has 0 bridgehead atoms. The Morgan fingerprint density at radius 1 is 0.565 bits per heavy atom. The van der Waals surface area contributed by atoms with Gasteiger partial charge in [-0.3, -0.25) is 0 Å². The van der Waals surface area contributed by atoms with Crippen LogP contribution in [0.2, 0.25) is 0 Å². The maximum absolute atomic E-state index is 13.1. The van der Waals surface area contributed by atoms with Gasteiger partial charge in [0, 0.05) is 39.1 Å². The van der Waals surface area contributed by atoms with Crippen molar-refractivity contribution < 1.29 is 124 Å². The third-order valence-corrected chi connectivity index (χ3v) is 15.1. The van der Waals surface area contributed by atoms with Crippen molar-refractivity contribution in [2.75, 3.05) is 34.0 Å². The summed E-state index contributed by atoms with van der Waals surface area (Å²) >= 11 is 0. The predicted molar refractivity (Wildman–Crippen MR) is 226 cm³/mol. The molecule has 15 N–H and O–H groups in total. The lowest BCUT2D eigenvalue weighted by Gasteiger charge is -2.50. The first-order valence-electron chi connectivity index (χ1n) is 23.8. The molecule has 7 rings (SSSR count). The first kappa shape index (κ1) is 55.0. The van der Waals surface area contributed by atoms with E-state index < -0.39 is 191 Å². The minimum absolute atomic E-state index is 0.0182. The van der Waals surface area contributed by atoms with Gasteiger partial charge in [0.1, 0.15) is 92.1 Å². The molecule has 398 valence electrons. The number of ether oxygens (including phenoxy) is 10. The Hall–Kier alpha value is -1.71. The van der Waals surface area contributed by atoms with E-state index >= 15 is 0 Å². The lowest BCUT2D eigenvalue weighted by Crippen LogP contribution is -2.66. The van der Waals surface area contributed by atoms with Crippen LogP contribution in [0.1, 0.15) is 51.4 Å². The van der Waals surface area contributed by atoms with Gasteiger partial charge in [-0.2, -0.15) is 0 Å². The molecule has 0 amide bonds. The molecule has 0 aromatic rings. The van der Waals surface area contributed by atoms with E-state index in [-0.39, 0.29) is 38.0 Å². The number of esters is 1. The number of carbonyl (C=O) groups excluding carboxylic acids is 1. The maximum atomic E-state index is 13.1.